The lowest BCUT2D eigenvalue weighted by atomic mass is 10.1. The molecule has 0 aliphatic heterocycles. The number of benzene rings is 2. The Morgan fingerprint density at radius 3 is 2.41 bits per heavy atom. The van der Waals surface area contributed by atoms with Crippen LogP contribution in [-0.2, 0) is 11.0 Å². The normalized spacial score (nSPS) is 11.6. The first-order valence-electron chi connectivity index (χ1n) is 8.07. The van der Waals surface area contributed by atoms with Crippen LogP contribution in [-0.4, -0.2) is 21.6 Å². The zero-order valence-electron chi connectivity index (χ0n) is 14.6. The highest BCUT2D eigenvalue weighted by Gasteiger charge is 2.35. The number of aryl methyl sites for hydroxylation is 2. The van der Waals surface area contributed by atoms with Crippen molar-refractivity contribution in [1.82, 2.24) is 9.97 Å². The van der Waals surface area contributed by atoms with Crippen molar-refractivity contribution in [3.63, 3.8) is 0 Å². The highest BCUT2D eigenvalue weighted by molar-refractivity contribution is 8.00. The van der Waals surface area contributed by atoms with Gasteiger partial charge < -0.3 is 5.32 Å². The van der Waals surface area contributed by atoms with Crippen LogP contribution in [0, 0.1) is 13.8 Å². The van der Waals surface area contributed by atoms with Gasteiger partial charge in [0.1, 0.15) is 5.03 Å². The van der Waals surface area contributed by atoms with E-state index in [0.717, 1.165) is 22.9 Å². The number of hydrogen-bond acceptors (Lipinski definition) is 4. The van der Waals surface area contributed by atoms with Crippen molar-refractivity contribution in [2.24, 2.45) is 0 Å². The standard InChI is InChI=1S/C19H16F3N3OS/c1-11-7-12(2)9-13(8-11)23-16(26)10-27-17-14-5-3-4-6-15(14)24-18(25-17)19(20,21)22/h3-9H,10H2,1-2H3,(H,23,26). The minimum atomic E-state index is -4.65. The smallest absolute Gasteiger partial charge is 0.325 e. The summed E-state index contributed by atoms with van der Waals surface area (Å²) >= 11 is 0.953. The Bertz CT molecular complexity index is 985. The van der Waals surface area contributed by atoms with Crippen LogP contribution in [0.3, 0.4) is 0 Å². The molecule has 8 heteroatoms. The number of carbonyl (C=O) groups excluding carboxylic acids is 1. The molecule has 2 aromatic carbocycles. The number of anilines is 1. The van der Waals surface area contributed by atoms with E-state index in [1.165, 1.54) is 6.07 Å². The second kappa shape index (κ2) is 7.56. The van der Waals surface area contributed by atoms with E-state index in [4.69, 9.17) is 0 Å². The van der Waals surface area contributed by atoms with Crippen LogP contribution < -0.4 is 5.32 Å². The molecule has 0 spiro atoms. The first-order chi connectivity index (χ1) is 12.7. The van der Waals surface area contributed by atoms with E-state index >= 15 is 0 Å². The lowest BCUT2D eigenvalue weighted by Gasteiger charge is -2.11. The Labute approximate surface area is 158 Å². The SMILES string of the molecule is Cc1cc(C)cc(NC(=O)CSc2nc(C(F)(F)F)nc3ccccc23)c1. The number of para-hydroxylation sites is 1. The third-order valence-corrected chi connectivity index (χ3v) is 4.66. The summed E-state index contributed by atoms with van der Waals surface area (Å²) in [5, 5.41) is 3.37. The van der Waals surface area contributed by atoms with Crippen molar-refractivity contribution in [2.75, 3.05) is 11.1 Å². The number of rotatable bonds is 4. The largest absolute Gasteiger partial charge is 0.451 e. The molecule has 0 radical (unpaired) electrons. The fraction of sp³-hybridized carbons (Fsp3) is 0.211. The number of alkyl halides is 3. The van der Waals surface area contributed by atoms with Gasteiger partial charge in [0.05, 0.1) is 11.3 Å². The average molecular weight is 391 g/mol. The summed E-state index contributed by atoms with van der Waals surface area (Å²) in [6.07, 6.45) is -4.65. The van der Waals surface area contributed by atoms with E-state index < -0.39 is 12.0 Å². The number of nitrogens with one attached hydrogen (secondary N) is 1. The minimum absolute atomic E-state index is 0.0642. The molecular formula is C19H16F3N3OS. The Kier molecular flexibility index (Phi) is 5.36. The lowest BCUT2D eigenvalue weighted by molar-refractivity contribution is -0.145. The predicted octanol–water partition coefficient (Wildman–Crippen LogP) is 5.00. The van der Waals surface area contributed by atoms with Crippen LogP contribution in [0.2, 0.25) is 0 Å². The maximum absolute atomic E-state index is 13.0. The fourth-order valence-corrected chi connectivity index (χ4v) is 3.48. The molecule has 0 fully saturated rings. The summed E-state index contributed by atoms with van der Waals surface area (Å²) in [4.78, 5) is 19.4. The van der Waals surface area contributed by atoms with Gasteiger partial charge in [0.25, 0.3) is 0 Å². The molecule has 140 valence electrons. The van der Waals surface area contributed by atoms with E-state index in [2.05, 4.69) is 15.3 Å². The summed E-state index contributed by atoms with van der Waals surface area (Å²) < 4.78 is 39.1. The monoisotopic (exact) mass is 391 g/mol. The summed E-state index contributed by atoms with van der Waals surface area (Å²) in [7, 11) is 0. The Hall–Kier alpha value is -2.61. The number of hydrogen-bond donors (Lipinski definition) is 1. The first-order valence-corrected chi connectivity index (χ1v) is 9.06. The van der Waals surface area contributed by atoms with Gasteiger partial charge >= 0.3 is 6.18 Å². The van der Waals surface area contributed by atoms with Crippen LogP contribution in [0.1, 0.15) is 17.0 Å². The number of amides is 1. The zero-order chi connectivity index (χ0) is 19.6. The molecule has 1 heterocycles. The molecule has 1 aromatic heterocycles. The van der Waals surface area contributed by atoms with Crippen LogP contribution in [0.5, 0.6) is 0 Å². The molecule has 3 rings (SSSR count). The summed E-state index contributed by atoms with van der Waals surface area (Å²) in [5.74, 6) is -1.59. The van der Waals surface area contributed by atoms with Crippen LogP contribution >= 0.6 is 11.8 Å². The van der Waals surface area contributed by atoms with Gasteiger partial charge in [0.15, 0.2) is 0 Å². The molecule has 1 N–H and O–H groups in total. The second-order valence-corrected chi connectivity index (χ2v) is 7.04. The van der Waals surface area contributed by atoms with Gasteiger partial charge in [0, 0.05) is 11.1 Å². The van der Waals surface area contributed by atoms with Gasteiger partial charge in [-0.05, 0) is 43.2 Å². The topological polar surface area (TPSA) is 54.9 Å². The number of fused-ring (bicyclic) bond motifs is 1. The van der Waals surface area contributed by atoms with Crippen LogP contribution in [0.25, 0.3) is 10.9 Å². The average Bonchev–Trinajstić information content (AvgIpc) is 2.57. The van der Waals surface area contributed by atoms with Gasteiger partial charge in [-0.15, -0.1) is 0 Å². The van der Waals surface area contributed by atoms with Crippen LogP contribution in [0.15, 0.2) is 47.5 Å². The van der Waals surface area contributed by atoms with Crippen LogP contribution in [0.4, 0.5) is 18.9 Å². The van der Waals surface area contributed by atoms with E-state index in [1.807, 2.05) is 32.0 Å². The summed E-state index contributed by atoms with van der Waals surface area (Å²) in [5.41, 5.74) is 2.86. The van der Waals surface area contributed by atoms with Gasteiger partial charge in [-0.3, -0.25) is 4.79 Å². The zero-order valence-corrected chi connectivity index (χ0v) is 15.4. The first kappa shape index (κ1) is 19.2. The van der Waals surface area contributed by atoms with Gasteiger partial charge in [-0.1, -0.05) is 36.0 Å². The van der Waals surface area contributed by atoms with Crippen molar-refractivity contribution >= 4 is 34.3 Å². The Morgan fingerprint density at radius 2 is 1.74 bits per heavy atom. The molecule has 0 aliphatic carbocycles. The van der Waals surface area contributed by atoms with E-state index in [0.29, 0.717) is 11.1 Å². The summed E-state index contributed by atoms with van der Waals surface area (Å²) in [6.45, 7) is 3.84. The van der Waals surface area contributed by atoms with Gasteiger partial charge in [-0.25, -0.2) is 9.97 Å². The lowest BCUT2D eigenvalue weighted by Crippen LogP contribution is -2.15. The molecule has 0 saturated heterocycles. The second-order valence-electron chi connectivity index (χ2n) is 6.08. The molecule has 0 bridgehead atoms. The van der Waals surface area contributed by atoms with Crippen molar-refractivity contribution in [2.45, 2.75) is 25.0 Å². The fourth-order valence-electron chi connectivity index (χ4n) is 2.66. The highest BCUT2D eigenvalue weighted by atomic mass is 32.2. The maximum atomic E-state index is 13.0. The van der Waals surface area contributed by atoms with Gasteiger partial charge in [-0.2, -0.15) is 13.2 Å². The number of thioether (sulfide) groups is 1. The molecule has 0 atom stereocenters. The Balaban J connectivity index is 1.80. The third kappa shape index (κ3) is 4.77. The molecular weight excluding hydrogens is 375 g/mol. The van der Waals surface area contributed by atoms with Crippen molar-refractivity contribution in [3.8, 4) is 0 Å². The Morgan fingerprint density at radius 1 is 1.07 bits per heavy atom. The molecule has 0 aliphatic rings. The number of halogens is 3. The van der Waals surface area contributed by atoms with E-state index in [-0.39, 0.29) is 22.2 Å². The quantitative estimate of drug-likeness (QED) is 0.503. The van der Waals surface area contributed by atoms with E-state index in [9.17, 15) is 18.0 Å². The molecule has 0 saturated carbocycles. The van der Waals surface area contributed by atoms with Crippen molar-refractivity contribution < 1.29 is 18.0 Å². The predicted molar refractivity (Wildman–Crippen MR) is 99.8 cm³/mol. The van der Waals surface area contributed by atoms with E-state index in [1.54, 1.807) is 18.2 Å². The molecule has 4 nitrogen and oxygen atoms in total. The molecule has 3 aromatic rings. The molecule has 0 unspecified atom stereocenters. The molecule has 1 amide bonds. The van der Waals surface area contributed by atoms with Gasteiger partial charge in [0.2, 0.25) is 11.7 Å². The number of nitrogens with zero attached hydrogens (tertiary/aromatic N) is 2. The number of aromatic nitrogens is 2. The van der Waals surface area contributed by atoms with Crippen molar-refractivity contribution in [3.05, 3.63) is 59.4 Å². The molecule has 27 heavy (non-hydrogen) atoms. The number of carbonyl (C=O) groups is 1. The summed E-state index contributed by atoms with van der Waals surface area (Å²) in [6, 6.07) is 12.1. The third-order valence-electron chi connectivity index (χ3n) is 3.67. The highest BCUT2D eigenvalue weighted by Crippen LogP contribution is 2.32. The van der Waals surface area contributed by atoms with Crippen molar-refractivity contribution in [1.29, 1.82) is 0 Å². The maximum Gasteiger partial charge on any atom is 0.451 e. The minimum Gasteiger partial charge on any atom is -0.325 e.